The number of nitrogens with two attached hydrogens (primary N) is 1. The molecule has 1 aromatic carbocycles. The molecule has 3 rings (SSSR count). The van der Waals surface area contributed by atoms with Gasteiger partial charge in [0.1, 0.15) is 5.82 Å². The first-order valence-electron chi connectivity index (χ1n) is 6.38. The molecule has 0 atom stereocenters. The molecular weight excluding hydrogens is 258 g/mol. The number of fused-ring (bicyclic) bond motifs is 1. The van der Waals surface area contributed by atoms with E-state index in [2.05, 4.69) is 15.3 Å². The van der Waals surface area contributed by atoms with Gasteiger partial charge in [-0.3, -0.25) is 5.32 Å². The molecule has 3 N–H and O–H groups in total. The molecule has 7 heteroatoms. The highest BCUT2D eigenvalue weighted by atomic mass is 16.5. The average Bonchev–Trinajstić information content (AvgIpc) is 3.00. The Bertz CT molecular complexity index is 640. The smallest absolute Gasteiger partial charge is 0.228 e. The summed E-state index contributed by atoms with van der Waals surface area (Å²) < 4.78 is 10.6. The summed E-state index contributed by atoms with van der Waals surface area (Å²) in [7, 11) is 3.19. The van der Waals surface area contributed by atoms with Gasteiger partial charge in [-0.2, -0.15) is 4.98 Å². The third-order valence-corrected chi connectivity index (χ3v) is 3.36. The minimum Gasteiger partial charge on any atom is -0.493 e. The number of methoxy groups -OCH3 is 2. The van der Waals surface area contributed by atoms with Gasteiger partial charge in [0.2, 0.25) is 5.95 Å². The van der Waals surface area contributed by atoms with Gasteiger partial charge in [0.15, 0.2) is 11.5 Å². The first-order chi connectivity index (χ1) is 9.72. The van der Waals surface area contributed by atoms with Crippen molar-refractivity contribution >= 4 is 22.7 Å². The fourth-order valence-corrected chi connectivity index (χ4v) is 2.29. The summed E-state index contributed by atoms with van der Waals surface area (Å²) >= 11 is 0. The number of nitrogens with one attached hydrogen (secondary N) is 1. The maximum atomic E-state index is 6.05. The van der Waals surface area contributed by atoms with Crippen molar-refractivity contribution in [2.75, 3.05) is 44.6 Å². The Balaban J connectivity index is 2.14. The third kappa shape index (κ3) is 2.05. The predicted molar refractivity (Wildman–Crippen MR) is 77.3 cm³/mol. The monoisotopic (exact) mass is 275 g/mol. The van der Waals surface area contributed by atoms with Crippen molar-refractivity contribution in [1.82, 2.24) is 15.3 Å². The van der Waals surface area contributed by atoms with Crippen LogP contribution in [-0.4, -0.2) is 43.9 Å². The highest BCUT2D eigenvalue weighted by Gasteiger charge is 2.17. The Morgan fingerprint density at radius 2 is 1.95 bits per heavy atom. The van der Waals surface area contributed by atoms with Gasteiger partial charge in [0.25, 0.3) is 0 Å². The summed E-state index contributed by atoms with van der Waals surface area (Å²) in [5.41, 5.74) is 6.79. The summed E-state index contributed by atoms with van der Waals surface area (Å²) in [6, 6.07) is 3.62. The molecule has 0 saturated carbocycles. The highest BCUT2D eigenvalue weighted by Crippen LogP contribution is 2.34. The molecule has 0 radical (unpaired) electrons. The van der Waals surface area contributed by atoms with E-state index in [-0.39, 0.29) is 0 Å². The zero-order valence-electron chi connectivity index (χ0n) is 11.5. The van der Waals surface area contributed by atoms with E-state index in [1.165, 1.54) is 0 Å². The van der Waals surface area contributed by atoms with E-state index in [0.29, 0.717) is 23.3 Å². The maximum absolute atomic E-state index is 6.05. The van der Waals surface area contributed by atoms with Gasteiger partial charge in [0.05, 0.1) is 26.4 Å². The predicted octanol–water partition coefficient (Wildman–Crippen LogP) is 0.596. The third-order valence-electron chi connectivity index (χ3n) is 3.36. The molecule has 0 bridgehead atoms. The second-order valence-corrected chi connectivity index (χ2v) is 4.55. The molecule has 0 unspecified atom stereocenters. The summed E-state index contributed by atoms with van der Waals surface area (Å²) in [6.07, 6.45) is 0. The lowest BCUT2D eigenvalue weighted by atomic mass is 10.2. The molecule has 1 fully saturated rings. The van der Waals surface area contributed by atoms with Crippen molar-refractivity contribution < 1.29 is 9.47 Å². The molecule has 1 saturated heterocycles. The lowest BCUT2D eigenvalue weighted by Gasteiger charge is -2.16. The lowest BCUT2D eigenvalue weighted by molar-refractivity contribution is 0.356. The summed E-state index contributed by atoms with van der Waals surface area (Å²) in [5.74, 6) is 2.32. The highest BCUT2D eigenvalue weighted by molar-refractivity contribution is 5.91. The van der Waals surface area contributed by atoms with Crippen LogP contribution in [0.15, 0.2) is 12.1 Å². The van der Waals surface area contributed by atoms with Gasteiger partial charge in [-0.15, -0.1) is 0 Å². The number of hydrogen-bond donors (Lipinski definition) is 2. The first kappa shape index (κ1) is 12.7. The number of anilines is 2. The van der Waals surface area contributed by atoms with Crippen molar-refractivity contribution in [2.45, 2.75) is 0 Å². The van der Waals surface area contributed by atoms with E-state index >= 15 is 0 Å². The zero-order chi connectivity index (χ0) is 14.1. The van der Waals surface area contributed by atoms with Crippen LogP contribution in [0.3, 0.4) is 0 Å². The van der Waals surface area contributed by atoms with Crippen LogP contribution < -0.4 is 25.4 Å². The van der Waals surface area contributed by atoms with Gasteiger partial charge < -0.3 is 20.1 Å². The van der Waals surface area contributed by atoms with Crippen LogP contribution in [0.25, 0.3) is 10.9 Å². The van der Waals surface area contributed by atoms with E-state index in [1.807, 2.05) is 11.0 Å². The van der Waals surface area contributed by atoms with Gasteiger partial charge in [-0.1, -0.05) is 0 Å². The average molecular weight is 275 g/mol. The van der Waals surface area contributed by atoms with Crippen molar-refractivity contribution in [3.05, 3.63) is 12.1 Å². The second-order valence-electron chi connectivity index (χ2n) is 4.55. The van der Waals surface area contributed by atoms with Crippen molar-refractivity contribution in [1.29, 1.82) is 0 Å². The van der Waals surface area contributed by atoms with Crippen LogP contribution in [0.4, 0.5) is 11.8 Å². The molecule has 0 amide bonds. The van der Waals surface area contributed by atoms with Crippen LogP contribution >= 0.6 is 0 Å². The molecule has 1 aliphatic heterocycles. The van der Waals surface area contributed by atoms with E-state index in [1.54, 1.807) is 20.3 Å². The van der Waals surface area contributed by atoms with E-state index in [9.17, 15) is 0 Å². The van der Waals surface area contributed by atoms with Gasteiger partial charge in [-0.05, 0) is 6.07 Å². The number of ether oxygens (including phenoxy) is 2. The molecule has 2 heterocycles. The molecular formula is C13H17N5O2. The molecule has 20 heavy (non-hydrogen) atoms. The fraction of sp³-hybridized carbons (Fsp3) is 0.385. The summed E-state index contributed by atoms with van der Waals surface area (Å²) in [5, 5.41) is 4.00. The molecule has 0 aliphatic carbocycles. The SMILES string of the molecule is COc1cc2nc(N3CCNC3)nc(N)c2cc1OC. The van der Waals surface area contributed by atoms with E-state index < -0.39 is 0 Å². The quantitative estimate of drug-likeness (QED) is 0.848. The number of nitrogen functional groups attached to an aromatic ring is 1. The zero-order valence-corrected chi connectivity index (χ0v) is 11.5. The number of aromatic nitrogens is 2. The molecule has 106 valence electrons. The van der Waals surface area contributed by atoms with Crippen molar-refractivity contribution in [3.63, 3.8) is 0 Å². The Morgan fingerprint density at radius 3 is 2.60 bits per heavy atom. The Kier molecular flexibility index (Phi) is 3.19. The van der Waals surface area contributed by atoms with Crippen LogP contribution in [0.5, 0.6) is 11.5 Å². The Morgan fingerprint density at radius 1 is 1.20 bits per heavy atom. The first-order valence-corrected chi connectivity index (χ1v) is 6.38. The van der Waals surface area contributed by atoms with Crippen LogP contribution in [-0.2, 0) is 0 Å². The van der Waals surface area contributed by atoms with E-state index in [0.717, 1.165) is 30.7 Å². The lowest BCUT2D eigenvalue weighted by Crippen LogP contribution is -2.23. The second kappa shape index (κ2) is 5.01. The summed E-state index contributed by atoms with van der Waals surface area (Å²) in [6.45, 7) is 2.53. The van der Waals surface area contributed by atoms with Gasteiger partial charge >= 0.3 is 0 Å². The number of hydrogen-bond acceptors (Lipinski definition) is 7. The maximum Gasteiger partial charge on any atom is 0.228 e. The van der Waals surface area contributed by atoms with Crippen LogP contribution in [0, 0.1) is 0 Å². The minimum atomic E-state index is 0.442. The van der Waals surface area contributed by atoms with E-state index in [4.69, 9.17) is 15.2 Å². The largest absolute Gasteiger partial charge is 0.493 e. The van der Waals surface area contributed by atoms with Crippen LogP contribution in [0.1, 0.15) is 0 Å². The molecule has 1 aliphatic rings. The number of rotatable bonds is 3. The number of benzene rings is 1. The van der Waals surface area contributed by atoms with Gasteiger partial charge in [0, 0.05) is 24.5 Å². The topological polar surface area (TPSA) is 85.5 Å². The standard InChI is InChI=1S/C13H17N5O2/c1-19-10-5-8-9(6-11(10)20-2)16-13(17-12(8)14)18-4-3-15-7-18/h5-6,15H,3-4,7H2,1-2H3,(H2,14,16,17). The summed E-state index contributed by atoms with van der Waals surface area (Å²) in [4.78, 5) is 11.0. The Hall–Kier alpha value is -2.28. The molecule has 2 aromatic rings. The number of nitrogens with zero attached hydrogens (tertiary/aromatic N) is 3. The van der Waals surface area contributed by atoms with Crippen LogP contribution in [0.2, 0.25) is 0 Å². The molecule has 1 aromatic heterocycles. The Labute approximate surface area is 116 Å². The molecule has 0 spiro atoms. The fourth-order valence-electron chi connectivity index (χ4n) is 2.29. The molecule has 7 nitrogen and oxygen atoms in total. The normalized spacial score (nSPS) is 14.8. The minimum absolute atomic E-state index is 0.442. The van der Waals surface area contributed by atoms with Gasteiger partial charge in [-0.25, -0.2) is 4.98 Å². The van der Waals surface area contributed by atoms with Crippen molar-refractivity contribution in [2.24, 2.45) is 0 Å². The van der Waals surface area contributed by atoms with Crippen molar-refractivity contribution in [3.8, 4) is 11.5 Å².